The van der Waals surface area contributed by atoms with Crippen LogP contribution in [0.25, 0.3) is 32.7 Å². The van der Waals surface area contributed by atoms with Crippen molar-refractivity contribution in [3.05, 3.63) is 209 Å². The summed E-state index contributed by atoms with van der Waals surface area (Å²) in [6.07, 6.45) is 1.11. The number of amidine groups is 2. The van der Waals surface area contributed by atoms with E-state index in [4.69, 9.17) is 15.7 Å². The van der Waals surface area contributed by atoms with E-state index < -0.39 is 0 Å². The van der Waals surface area contributed by atoms with Crippen LogP contribution in [0.15, 0.2) is 191 Å². The molecule has 58 heavy (non-hydrogen) atoms. The minimum Gasteiger partial charge on any atom is -0.383 e. The van der Waals surface area contributed by atoms with Gasteiger partial charge in [-0.1, -0.05) is 165 Å². The van der Waals surface area contributed by atoms with Crippen LogP contribution < -0.4 is 10.6 Å². The fraction of sp³-hybridized carbons (Fsp3) is 0.132. The maximum absolute atomic E-state index is 6.57. The van der Waals surface area contributed by atoms with Crippen LogP contribution in [-0.2, 0) is 6.42 Å². The van der Waals surface area contributed by atoms with Crippen LogP contribution in [0.3, 0.4) is 0 Å². The van der Waals surface area contributed by atoms with Crippen LogP contribution in [0, 0.1) is 12.8 Å². The van der Waals surface area contributed by atoms with Crippen LogP contribution in [0.5, 0.6) is 0 Å². The van der Waals surface area contributed by atoms with Crippen LogP contribution in [0.2, 0.25) is 0 Å². The van der Waals surface area contributed by atoms with Gasteiger partial charge < -0.3 is 10.6 Å². The Balaban J connectivity index is 1.08. The molecule has 2 N–H and O–H groups in total. The zero-order chi connectivity index (χ0) is 39.2. The Morgan fingerprint density at radius 1 is 0.655 bits per heavy atom. The molecule has 5 heteroatoms. The van der Waals surface area contributed by atoms with Crippen molar-refractivity contribution in [3.63, 3.8) is 0 Å². The van der Waals surface area contributed by atoms with Gasteiger partial charge in [-0.2, -0.15) is 0 Å². The topological polar surface area (TPSA) is 54.0 Å². The minimum atomic E-state index is 0.255. The Labute approximate surface area is 344 Å². The second-order valence-electron chi connectivity index (χ2n) is 15.6. The van der Waals surface area contributed by atoms with Crippen molar-refractivity contribution in [2.75, 3.05) is 10.8 Å². The molecule has 1 aliphatic carbocycles. The van der Waals surface area contributed by atoms with Gasteiger partial charge in [0.25, 0.3) is 0 Å². The Kier molecular flexibility index (Phi) is 9.39. The summed E-state index contributed by atoms with van der Waals surface area (Å²) in [6, 6.07) is 63.4. The number of aryl methyl sites for hydroxylation is 1. The van der Waals surface area contributed by atoms with E-state index >= 15 is 0 Å². The van der Waals surface area contributed by atoms with E-state index in [-0.39, 0.29) is 6.04 Å². The van der Waals surface area contributed by atoms with E-state index in [1.807, 2.05) is 60.7 Å². The van der Waals surface area contributed by atoms with Gasteiger partial charge in [0.1, 0.15) is 5.84 Å². The molecule has 2 aliphatic rings. The highest BCUT2D eigenvalue weighted by molar-refractivity contribution is 7.99. The van der Waals surface area contributed by atoms with E-state index in [9.17, 15) is 0 Å². The summed E-state index contributed by atoms with van der Waals surface area (Å²) in [7, 11) is 0. The molecule has 0 saturated heterocycles. The molecule has 1 aliphatic heterocycles. The number of anilines is 2. The SMILES string of the molecule is Cc1ccc2c(c1)N(c1ccc(-c3c(SC/N=C(\N=C(/N)c4ccccc4)c4ccccc4)c4ccccc4c4ccccc34)cc1)C1c3ccccc3CC(C)C21. The highest BCUT2D eigenvalue weighted by Crippen LogP contribution is 2.59. The van der Waals surface area contributed by atoms with Crippen molar-refractivity contribution in [2.45, 2.75) is 37.1 Å². The molecule has 0 saturated carbocycles. The van der Waals surface area contributed by atoms with Gasteiger partial charge in [-0.15, -0.1) is 11.8 Å². The normalized spacial score (nSPS) is 17.6. The number of fused-ring (bicyclic) bond motifs is 8. The summed E-state index contributed by atoms with van der Waals surface area (Å²) in [5, 5.41) is 4.93. The fourth-order valence-electron chi connectivity index (χ4n) is 9.42. The highest BCUT2D eigenvalue weighted by Gasteiger charge is 2.46. The quantitative estimate of drug-likeness (QED) is 0.0760. The number of benzene rings is 8. The first-order valence-corrected chi connectivity index (χ1v) is 21.2. The van der Waals surface area contributed by atoms with E-state index in [1.54, 1.807) is 11.8 Å². The van der Waals surface area contributed by atoms with Gasteiger partial charge in [0.2, 0.25) is 0 Å². The first-order chi connectivity index (χ1) is 28.5. The number of rotatable bonds is 7. The Morgan fingerprint density at radius 2 is 1.28 bits per heavy atom. The largest absolute Gasteiger partial charge is 0.383 e. The van der Waals surface area contributed by atoms with Gasteiger partial charge >= 0.3 is 0 Å². The van der Waals surface area contributed by atoms with E-state index in [0.717, 1.165) is 17.5 Å². The third-order valence-electron chi connectivity index (χ3n) is 12.0. The van der Waals surface area contributed by atoms with Crippen molar-refractivity contribution in [1.29, 1.82) is 0 Å². The molecular weight excluding hydrogens is 725 g/mol. The Morgan fingerprint density at radius 3 is 2.02 bits per heavy atom. The number of hydrogen-bond donors (Lipinski definition) is 1. The molecule has 3 atom stereocenters. The van der Waals surface area contributed by atoms with Crippen LogP contribution in [-0.4, -0.2) is 17.5 Å². The molecular formula is C53H44N4S. The van der Waals surface area contributed by atoms with Gasteiger partial charge in [-0.25, -0.2) is 4.99 Å². The average molecular weight is 769 g/mol. The molecule has 4 nitrogen and oxygen atoms in total. The van der Waals surface area contributed by atoms with Crippen LogP contribution >= 0.6 is 11.8 Å². The number of aliphatic imine (C=N–C) groups is 2. The van der Waals surface area contributed by atoms with Crippen molar-refractivity contribution in [1.82, 2.24) is 0 Å². The molecule has 0 radical (unpaired) electrons. The van der Waals surface area contributed by atoms with Gasteiger partial charge in [0, 0.05) is 38.9 Å². The van der Waals surface area contributed by atoms with Crippen molar-refractivity contribution < 1.29 is 0 Å². The molecule has 8 aromatic carbocycles. The van der Waals surface area contributed by atoms with Crippen molar-refractivity contribution in [2.24, 2.45) is 21.6 Å². The standard InChI is InChI=1S/C53H44N4S/c1-34-25-30-46-47(31-34)57(50-41-20-10-9-19-39(41)32-35(2)48(46)50)40-28-26-36(27-29-40)49-44-23-13-11-21-42(44)43-22-12-14-24-45(43)51(49)58-33-55-53(38-17-7-4-8-18-38)56-52(54)37-15-5-3-6-16-37/h3-31,35,48,50H,32-33H2,1-2H3,(H2,54,55,56). The molecule has 0 amide bonds. The fourth-order valence-corrected chi connectivity index (χ4v) is 10.4. The van der Waals surface area contributed by atoms with E-state index in [0.29, 0.717) is 29.4 Å². The summed E-state index contributed by atoms with van der Waals surface area (Å²) < 4.78 is 0. The summed E-state index contributed by atoms with van der Waals surface area (Å²) in [4.78, 5) is 13.9. The number of nitrogens with zero attached hydrogens (tertiary/aromatic N) is 3. The molecule has 1 heterocycles. The second kappa shape index (κ2) is 15.1. The molecule has 8 aromatic rings. The maximum atomic E-state index is 6.57. The van der Waals surface area contributed by atoms with E-state index in [1.165, 1.54) is 71.2 Å². The molecule has 0 bridgehead atoms. The summed E-state index contributed by atoms with van der Waals surface area (Å²) in [5.74, 6) is 2.50. The molecule has 10 rings (SSSR count). The predicted molar refractivity (Wildman–Crippen MR) is 246 cm³/mol. The zero-order valence-corrected chi connectivity index (χ0v) is 33.5. The zero-order valence-electron chi connectivity index (χ0n) is 32.7. The lowest BCUT2D eigenvalue weighted by Gasteiger charge is -2.38. The minimum absolute atomic E-state index is 0.255. The Bertz CT molecular complexity index is 2860. The van der Waals surface area contributed by atoms with Crippen molar-refractivity contribution >= 4 is 56.4 Å². The lowest BCUT2D eigenvalue weighted by molar-refractivity contribution is 0.386. The number of hydrogen-bond acceptors (Lipinski definition) is 3. The monoisotopic (exact) mass is 768 g/mol. The molecule has 3 unspecified atom stereocenters. The summed E-state index contributed by atoms with van der Waals surface area (Å²) >= 11 is 1.75. The summed E-state index contributed by atoms with van der Waals surface area (Å²) in [6.45, 7) is 4.65. The second-order valence-corrected chi connectivity index (χ2v) is 16.6. The average Bonchev–Trinajstić information content (AvgIpc) is 3.62. The first kappa shape index (κ1) is 35.9. The smallest absolute Gasteiger partial charge is 0.157 e. The van der Waals surface area contributed by atoms with Gasteiger partial charge in [-0.05, 0) is 86.8 Å². The van der Waals surface area contributed by atoms with Gasteiger partial charge in [-0.3, -0.25) is 4.99 Å². The third kappa shape index (κ3) is 6.36. The van der Waals surface area contributed by atoms with Crippen molar-refractivity contribution in [3.8, 4) is 11.1 Å². The summed E-state index contributed by atoms with van der Waals surface area (Å²) in [5.41, 5.74) is 19.0. The number of nitrogens with two attached hydrogens (primary N) is 1. The molecule has 0 fully saturated rings. The Hall–Kier alpha value is -6.43. The van der Waals surface area contributed by atoms with Crippen LogP contribution in [0.1, 0.15) is 52.3 Å². The number of thioether (sulfide) groups is 1. The van der Waals surface area contributed by atoms with Gasteiger partial charge in [0.15, 0.2) is 5.84 Å². The molecule has 0 spiro atoms. The lowest BCUT2D eigenvalue weighted by atomic mass is 9.72. The van der Waals surface area contributed by atoms with Gasteiger partial charge in [0.05, 0.1) is 11.9 Å². The van der Waals surface area contributed by atoms with E-state index in [2.05, 4.69) is 134 Å². The predicted octanol–water partition coefficient (Wildman–Crippen LogP) is 13.0. The molecule has 0 aromatic heterocycles. The maximum Gasteiger partial charge on any atom is 0.157 e. The highest BCUT2D eigenvalue weighted by atomic mass is 32.2. The van der Waals surface area contributed by atoms with Crippen LogP contribution in [0.4, 0.5) is 11.4 Å². The first-order valence-electron chi connectivity index (χ1n) is 20.2. The third-order valence-corrected chi connectivity index (χ3v) is 13.0. The molecule has 282 valence electrons. The lowest BCUT2D eigenvalue weighted by Crippen LogP contribution is -2.30.